The Morgan fingerprint density at radius 3 is 2.64 bits per heavy atom. The minimum atomic E-state index is 0.0274. The molecule has 14 heavy (non-hydrogen) atoms. The highest BCUT2D eigenvalue weighted by Crippen LogP contribution is 2.33. The maximum absolute atomic E-state index is 2.44. The van der Waals surface area contributed by atoms with Crippen molar-refractivity contribution in [3.63, 3.8) is 0 Å². The van der Waals surface area contributed by atoms with Gasteiger partial charge in [-0.05, 0) is 11.8 Å². The standard InChI is InChI=1S/C13H20Si/c1-11-6-5-7-12(11)10-14-13-8-3-2-4-9-13/h2-4,8-9,11-12H,5-7,10,14H2,1H3. The predicted octanol–water partition coefficient (Wildman–Crippen LogP) is 2.34. The Labute approximate surface area is 89.6 Å². The minimum absolute atomic E-state index is 0.0274. The Balaban J connectivity index is 1.82. The molecule has 1 fully saturated rings. The lowest BCUT2D eigenvalue weighted by molar-refractivity contribution is 0.456. The molecule has 0 heterocycles. The topological polar surface area (TPSA) is 0 Å². The van der Waals surface area contributed by atoms with Gasteiger partial charge < -0.3 is 0 Å². The SMILES string of the molecule is CC1CCCC1C[SiH2]c1ccccc1. The Bertz CT molecular complexity index is 268. The fourth-order valence-corrected chi connectivity index (χ4v) is 4.82. The van der Waals surface area contributed by atoms with E-state index in [1.165, 1.54) is 25.3 Å². The highest BCUT2D eigenvalue weighted by atomic mass is 28.2. The Morgan fingerprint density at radius 2 is 2.00 bits per heavy atom. The largest absolute Gasteiger partial charge is 0.0669 e. The number of hydrogen-bond donors (Lipinski definition) is 0. The summed E-state index contributed by atoms with van der Waals surface area (Å²) < 4.78 is 0. The molecule has 0 saturated heterocycles. The second kappa shape index (κ2) is 4.79. The summed E-state index contributed by atoms with van der Waals surface area (Å²) in [5, 5.41) is 1.65. The van der Waals surface area contributed by atoms with Gasteiger partial charge in [0.25, 0.3) is 0 Å². The van der Waals surface area contributed by atoms with Gasteiger partial charge in [0.1, 0.15) is 0 Å². The zero-order chi connectivity index (χ0) is 9.80. The van der Waals surface area contributed by atoms with Crippen LogP contribution in [-0.2, 0) is 0 Å². The summed E-state index contributed by atoms with van der Waals surface area (Å²) in [7, 11) is 0.0274. The normalized spacial score (nSPS) is 27.5. The van der Waals surface area contributed by atoms with Crippen LogP contribution in [0.4, 0.5) is 0 Å². The molecule has 0 bridgehead atoms. The lowest BCUT2D eigenvalue weighted by Gasteiger charge is -2.14. The van der Waals surface area contributed by atoms with E-state index in [9.17, 15) is 0 Å². The molecule has 2 unspecified atom stereocenters. The molecule has 0 aliphatic heterocycles. The smallest absolute Gasteiger partial charge is 0.0550 e. The van der Waals surface area contributed by atoms with Crippen molar-refractivity contribution in [1.29, 1.82) is 0 Å². The van der Waals surface area contributed by atoms with Crippen molar-refractivity contribution in [3.8, 4) is 0 Å². The van der Waals surface area contributed by atoms with E-state index in [-0.39, 0.29) is 9.52 Å². The molecule has 2 rings (SSSR count). The van der Waals surface area contributed by atoms with Crippen molar-refractivity contribution in [1.82, 2.24) is 0 Å². The summed E-state index contributed by atoms with van der Waals surface area (Å²) >= 11 is 0. The van der Waals surface area contributed by atoms with Gasteiger partial charge in [0.05, 0.1) is 9.52 Å². The summed E-state index contributed by atoms with van der Waals surface area (Å²) in [6.07, 6.45) is 4.46. The first-order valence-corrected chi connectivity index (χ1v) is 7.61. The van der Waals surface area contributed by atoms with Gasteiger partial charge >= 0.3 is 0 Å². The quantitative estimate of drug-likeness (QED) is 0.663. The van der Waals surface area contributed by atoms with E-state index in [2.05, 4.69) is 37.3 Å². The summed E-state index contributed by atoms with van der Waals surface area (Å²) in [4.78, 5) is 0. The maximum atomic E-state index is 2.44. The zero-order valence-electron chi connectivity index (χ0n) is 9.08. The first kappa shape index (κ1) is 9.97. The van der Waals surface area contributed by atoms with Crippen molar-refractivity contribution in [2.45, 2.75) is 32.2 Å². The van der Waals surface area contributed by atoms with Crippen LogP contribution in [0.1, 0.15) is 26.2 Å². The van der Waals surface area contributed by atoms with E-state index in [1.807, 2.05) is 0 Å². The molecule has 0 amide bonds. The van der Waals surface area contributed by atoms with Crippen LogP contribution in [-0.4, -0.2) is 9.52 Å². The Morgan fingerprint density at radius 1 is 1.21 bits per heavy atom. The average molecular weight is 204 g/mol. The van der Waals surface area contributed by atoms with Crippen LogP contribution in [0.15, 0.2) is 30.3 Å². The second-order valence-electron chi connectivity index (χ2n) is 4.69. The first-order valence-electron chi connectivity index (χ1n) is 5.90. The third kappa shape index (κ3) is 2.47. The second-order valence-corrected chi connectivity index (χ2v) is 6.59. The van der Waals surface area contributed by atoms with Crippen LogP contribution >= 0.6 is 0 Å². The molecule has 1 aromatic carbocycles. The van der Waals surface area contributed by atoms with E-state index in [1.54, 1.807) is 5.19 Å². The molecule has 1 aromatic rings. The molecule has 1 heteroatoms. The number of hydrogen-bond acceptors (Lipinski definition) is 0. The average Bonchev–Trinajstić information content (AvgIpc) is 2.63. The molecule has 0 spiro atoms. The van der Waals surface area contributed by atoms with Crippen molar-refractivity contribution in [3.05, 3.63) is 30.3 Å². The maximum Gasteiger partial charge on any atom is 0.0550 e. The lowest BCUT2D eigenvalue weighted by Crippen LogP contribution is -2.17. The monoisotopic (exact) mass is 204 g/mol. The highest BCUT2D eigenvalue weighted by molar-refractivity contribution is 6.53. The third-order valence-corrected chi connectivity index (χ3v) is 5.76. The molecular weight excluding hydrogens is 184 g/mol. The van der Waals surface area contributed by atoms with Crippen molar-refractivity contribution in [2.24, 2.45) is 11.8 Å². The van der Waals surface area contributed by atoms with Crippen LogP contribution in [0.2, 0.25) is 6.04 Å². The van der Waals surface area contributed by atoms with Crippen LogP contribution in [0, 0.1) is 11.8 Å². The lowest BCUT2D eigenvalue weighted by atomic mass is 10.0. The van der Waals surface area contributed by atoms with Crippen molar-refractivity contribution < 1.29 is 0 Å². The van der Waals surface area contributed by atoms with Gasteiger partial charge in [0.15, 0.2) is 0 Å². The van der Waals surface area contributed by atoms with E-state index in [0.29, 0.717) is 0 Å². The Kier molecular flexibility index (Phi) is 3.41. The molecular formula is C13H20Si. The molecule has 76 valence electrons. The van der Waals surface area contributed by atoms with Gasteiger partial charge in [0, 0.05) is 0 Å². The van der Waals surface area contributed by atoms with Gasteiger partial charge in [-0.3, -0.25) is 0 Å². The molecule has 0 nitrogen and oxygen atoms in total. The van der Waals surface area contributed by atoms with E-state index >= 15 is 0 Å². The molecule has 2 atom stereocenters. The third-order valence-electron chi connectivity index (χ3n) is 3.69. The molecule has 1 aliphatic rings. The predicted molar refractivity (Wildman–Crippen MR) is 65.9 cm³/mol. The van der Waals surface area contributed by atoms with Crippen LogP contribution in [0.25, 0.3) is 0 Å². The van der Waals surface area contributed by atoms with Crippen molar-refractivity contribution >= 4 is 14.7 Å². The van der Waals surface area contributed by atoms with Crippen molar-refractivity contribution in [2.75, 3.05) is 0 Å². The van der Waals surface area contributed by atoms with E-state index in [0.717, 1.165) is 11.8 Å². The molecule has 1 saturated carbocycles. The molecule has 0 N–H and O–H groups in total. The van der Waals surface area contributed by atoms with E-state index in [4.69, 9.17) is 0 Å². The van der Waals surface area contributed by atoms with Crippen LogP contribution in [0.5, 0.6) is 0 Å². The van der Waals surface area contributed by atoms with Gasteiger partial charge in [-0.15, -0.1) is 0 Å². The van der Waals surface area contributed by atoms with E-state index < -0.39 is 0 Å². The summed E-state index contributed by atoms with van der Waals surface area (Å²) in [6, 6.07) is 12.6. The summed E-state index contributed by atoms with van der Waals surface area (Å²) in [5.74, 6) is 2.06. The number of rotatable bonds is 3. The molecule has 1 aliphatic carbocycles. The zero-order valence-corrected chi connectivity index (χ0v) is 10.5. The highest BCUT2D eigenvalue weighted by Gasteiger charge is 2.22. The molecule has 0 aromatic heterocycles. The van der Waals surface area contributed by atoms with Gasteiger partial charge in [-0.25, -0.2) is 0 Å². The summed E-state index contributed by atoms with van der Waals surface area (Å²) in [6.45, 7) is 2.44. The molecule has 0 radical (unpaired) electrons. The van der Waals surface area contributed by atoms with Gasteiger partial charge in [0.2, 0.25) is 0 Å². The summed E-state index contributed by atoms with van der Waals surface area (Å²) in [5.41, 5.74) is 0. The van der Waals surface area contributed by atoms with Crippen LogP contribution in [0.3, 0.4) is 0 Å². The van der Waals surface area contributed by atoms with Gasteiger partial charge in [-0.2, -0.15) is 0 Å². The number of benzene rings is 1. The van der Waals surface area contributed by atoms with Gasteiger partial charge in [-0.1, -0.05) is 67.7 Å². The fraction of sp³-hybridized carbons (Fsp3) is 0.538. The first-order chi connectivity index (χ1) is 6.86. The fourth-order valence-electron chi connectivity index (χ4n) is 2.65. The minimum Gasteiger partial charge on any atom is -0.0669 e. The Hall–Kier alpha value is -0.563. The van der Waals surface area contributed by atoms with Crippen LogP contribution < -0.4 is 5.19 Å².